The van der Waals surface area contributed by atoms with Crippen LogP contribution in [0.15, 0.2) is 59.9 Å². The van der Waals surface area contributed by atoms with Crippen molar-refractivity contribution in [3.05, 3.63) is 77.1 Å². The smallest absolute Gasteiger partial charge is 0.778 e. The van der Waals surface area contributed by atoms with Crippen LogP contribution in [0.25, 0.3) is 0 Å². The number of aromatic nitrogens is 2. The summed E-state index contributed by atoms with van der Waals surface area (Å²) in [6.07, 6.45) is 3.41. The van der Waals surface area contributed by atoms with Crippen LogP contribution in [0.1, 0.15) is 72.5 Å². The molecular formula is C28H29N4Na2O6P. The van der Waals surface area contributed by atoms with E-state index in [1.807, 2.05) is 26.0 Å². The third kappa shape index (κ3) is 8.07. The Labute approximate surface area is 283 Å². The zero-order valence-electron chi connectivity index (χ0n) is 23.7. The first-order chi connectivity index (χ1) is 18.5. The van der Waals surface area contributed by atoms with Gasteiger partial charge in [-0.3, -0.25) is 0 Å². The number of nitrogens with zero attached hydrogens (tertiary/aromatic N) is 3. The van der Waals surface area contributed by atoms with Gasteiger partial charge in [-0.25, -0.2) is 9.98 Å². The zero-order chi connectivity index (χ0) is 27.8. The Morgan fingerprint density at radius 1 is 1.10 bits per heavy atom. The van der Waals surface area contributed by atoms with Gasteiger partial charge < -0.3 is 34.4 Å². The number of ether oxygens (including phenoxy) is 1. The SMILES string of the molecule is CC1(C)Oc2ncnc(N)c2N=C1c1ccc(C2CCC(OP(=O)([O-])Cc3cccc(C(=O)[O-])c3)CC2)cc1.[Na+].[Na+]. The third-order valence-corrected chi connectivity index (χ3v) is 8.51. The van der Waals surface area contributed by atoms with Crippen molar-refractivity contribution in [1.29, 1.82) is 0 Å². The molecular weight excluding hydrogens is 565 g/mol. The van der Waals surface area contributed by atoms with Gasteiger partial charge in [0.15, 0.2) is 11.5 Å². The van der Waals surface area contributed by atoms with E-state index in [1.165, 1.54) is 30.1 Å². The molecule has 1 aliphatic carbocycles. The summed E-state index contributed by atoms with van der Waals surface area (Å²) in [6, 6.07) is 13.9. The van der Waals surface area contributed by atoms with Gasteiger partial charge in [0.05, 0.1) is 17.8 Å². The fraction of sp³-hybridized carbons (Fsp3) is 0.357. The van der Waals surface area contributed by atoms with Crippen molar-refractivity contribution in [2.75, 3.05) is 5.73 Å². The number of benzene rings is 2. The molecule has 1 atom stereocenters. The molecule has 204 valence electrons. The average Bonchev–Trinajstić information content (AvgIpc) is 2.88. The average molecular weight is 595 g/mol. The molecule has 0 saturated heterocycles. The Morgan fingerprint density at radius 2 is 1.78 bits per heavy atom. The van der Waals surface area contributed by atoms with Crippen LogP contribution in [0.3, 0.4) is 0 Å². The first-order valence-electron chi connectivity index (χ1n) is 12.8. The summed E-state index contributed by atoms with van der Waals surface area (Å²) < 4.78 is 24.2. The van der Waals surface area contributed by atoms with E-state index in [0.29, 0.717) is 30.0 Å². The monoisotopic (exact) mass is 594 g/mol. The Balaban J connectivity index is 0.00000231. The van der Waals surface area contributed by atoms with E-state index in [0.717, 1.165) is 24.1 Å². The van der Waals surface area contributed by atoms with Crippen molar-refractivity contribution in [2.24, 2.45) is 4.99 Å². The molecule has 0 radical (unpaired) electrons. The quantitative estimate of drug-likeness (QED) is 0.231. The van der Waals surface area contributed by atoms with Gasteiger partial charge >= 0.3 is 59.1 Å². The molecule has 41 heavy (non-hydrogen) atoms. The van der Waals surface area contributed by atoms with Crippen LogP contribution in [0, 0.1) is 0 Å². The number of fused-ring (bicyclic) bond motifs is 1. The van der Waals surface area contributed by atoms with E-state index in [-0.39, 0.29) is 82.6 Å². The molecule has 1 aliphatic heterocycles. The van der Waals surface area contributed by atoms with Crippen LogP contribution >= 0.6 is 7.60 Å². The minimum Gasteiger partial charge on any atom is -0.778 e. The summed E-state index contributed by atoms with van der Waals surface area (Å²) in [5, 5.41) is 11.1. The number of nitrogen functional groups attached to an aromatic ring is 1. The van der Waals surface area contributed by atoms with Gasteiger partial charge in [-0.1, -0.05) is 42.5 Å². The van der Waals surface area contributed by atoms with Crippen molar-refractivity contribution in [2.45, 2.75) is 63.3 Å². The van der Waals surface area contributed by atoms with Crippen LogP contribution in [0.4, 0.5) is 11.5 Å². The maximum absolute atomic E-state index is 12.6. The topological polar surface area (TPSA) is 163 Å². The number of carbonyl (C=O) groups is 1. The summed E-state index contributed by atoms with van der Waals surface area (Å²) in [5.74, 6) is -0.442. The van der Waals surface area contributed by atoms with Gasteiger partial charge in [0.25, 0.3) is 0 Å². The van der Waals surface area contributed by atoms with E-state index >= 15 is 0 Å². The largest absolute Gasteiger partial charge is 1.00 e. The van der Waals surface area contributed by atoms with Gasteiger partial charge in [-0.2, -0.15) is 4.98 Å². The number of aliphatic imine (C=N–C) groups is 1. The predicted octanol–water partition coefficient (Wildman–Crippen LogP) is -2.48. The molecule has 2 aliphatic rings. The second kappa shape index (κ2) is 13.8. The van der Waals surface area contributed by atoms with E-state index < -0.39 is 25.3 Å². The number of carbonyl (C=O) groups excluding carboxylic acids is 1. The molecule has 1 saturated carbocycles. The van der Waals surface area contributed by atoms with E-state index in [9.17, 15) is 19.4 Å². The van der Waals surface area contributed by atoms with Gasteiger partial charge in [0.1, 0.15) is 19.5 Å². The van der Waals surface area contributed by atoms with Crippen LogP contribution in [-0.2, 0) is 15.3 Å². The second-order valence-electron chi connectivity index (χ2n) is 10.4. The summed E-state index contributed by atoms with van der Waals surface area (Å²) in [7, 11) is -4.19. The van der Waals surface area contributed by atoms with Crippen LogP contribution in [-0.4, -0.2) is 33.4 Å². The minimum absolute atomic E-state index is 0. The number of hydrogen-bond donors (Lipinski definition) is 1. The van der Waals surface area contributed by atoms with Gasteiger partial charge in [-0.05, 0) is 68.2 Å². The molecule has 2 aromatic carbocycles. The minimum atomic E-state index is -4.19. The molecule has 0 bridgehead atoms. The first kappa shape index (κ1) is 33.9. The molecule has 0 amide bonds. The Bertz CT molecular complexity index is 1480. The molecule has 13 heteroatoms. The first-order valence-corrected chi connectivity index (χ1v) is 14.5. The van der Waals surface area contributed by atoms with Crippen LogP contribution in [0.5, 0.6) is 5.88 Å². The summed E-state index contributed by atoms with van der Waals surface area (Å²) in [5.41, 5.74) is 8.81. The van der Waals surface area contributed by atoms with Gasteiger partial charge in [0, 0.05) is 11.7 Å². The standard InChI is InChI=1S/C28H31N4O6P.2Na/c1-28(2)24(32-23-25(29)30-16-31-26(23)37-28)20-8-6-18(7-9-20)19-10-12-22(13-11-19)38-39(35,36)15-17-4-3-5-21(14-17)27(33)34;;/h3-9,14,16,19,22H,10-13,15H2,1-2H3,(H,33,34)(H,35,36)(H2,29,30,31);;/q;2*+1/p-2. The maximum Gasteiger partial charge on any atom is 1.00 e. The number of carboxylic acid groups (broad SMARTS) is 1. The van der Waals surface area contributed by atoms with Crippen molar-refractivity contribution in [1.82, 2.24) is 9.97 Å². The Morgan fingerprint density at radius 3 is 2.44 bits per heavy atom. The predicted molar refractivity (Wildman–Crippen MR) is 142 cm³/mol. The summed E-state index contributed by atoms with van der Waals surface area (Å²) >= 11 is 0. The maximum atomic E-state index is 12.6. The number of anilines is 1. The molecule has 5 rings (SSSR count). The molecule has 3 aromatic rings. The van der Waals surface area contributed by atoms with Crippen molar-refractivity contribution in [3.8, 4) is 5.88 Å². The summed E-state index contributed by atoms with van der Waals surface area (Å²) in [4.78, 5) is 36.6. The van der Waals surface area contributed by atoms with Crippen molar-refractivity contribution >= 4 is 30.8 Å². The normalized spacial score (nSPS) is 20.6. The summed E-state index contributed by atoms with van der Waals surface area (Å²) in [6.45, 7) is 3.86. The number of hydrogen-bond acceptors (Lipinski definition) is 10. The Kier molecular flexibility index (Phi) is 11.4. The van der Waals surface area contributed by atoms with Gasteiger partial charge in [-0.15, -0.1) is 0 Å². The molecule has 1 fully saturated rings. The molecule has 0 spiro atoms. The fourth-order valence-corrected chi connectivity index (χ4v) is 6.59. The van der Waals surface area contributed by atoms with Crippen LogP contribution in [0.2, 0.25) is 0 Å². The van der Waals surface area contributed by atoms with E-state index in [1.54, 1.807) is 6.07 Å². The molecule has 2 heterocycles. The Hall–Kier alpha value is -1.59. The van der Waals surface area contributed by atoms with Crippen molar-refractivity contribution in [3.63, 3.8) is 0 Å². The molecule has 1 aromatic heterocycles. The van der Waals surface area contributed by atoms with Crippen molar-refractivity contribution < 1.29 is 87.7 Å². The molecule has 2 N–H and O–H groups in total. The molecule has 10 nitrogen and oxygen atoms in total. The second-order valence-corrected chi connectivity index (χ2v) is 12.2. The number of aromatic carboxylic acids is 1. The van der Waals surface area contributed by atoms with E-state index in [4.69, 9.17) is 20.0 Å². The number of rotatable bonds is 7. The van der Waals surface area contributed by atoms with Gasteiger partial charge in [0.2, 0.25) is 5.88 Å². The third-order valence-electron chi connectivity index (χ3n) is 7.14. The molecule has 1 unspecified atom stereocenters. The fourth-order valence-electron chi connectivity index (χ4n) is 5.20. The van der Waals surface area contributed by atoms with Crippen LogP contribution < -0.4 is 79.6 Å². The van der Waals surface area contributed by atoms with E-state index in [2.05, 4.69) is 22.1 Å². The number of nitrogens with two attached hydrogens (primary N) is 1. The number of carboxylic acids is 1. The zero-order valence-corrected chi connectivity index (χ0v) is 28.6.